The molecule has 0 unspecified atom stereocenters. The third-order valence-electron chi connectivity index (χ3n) is 3.79. The summed E-state index contributed by atoms with van der Waals surface area (Å²) in [4.78, 5) is 12.8. The number of nitrogens with zero attached hydrogens (tertiary/aromatic N) is 2. The quantitative estimate of drug-likeness (QED) is 0.484. The standard InChI is InChI=1S/C16H11ClN2O/c1-18-14-7-6-11(17)9-12(14)16(20)19-13-5-3-2-4-10(13)8-15(18)19/h2-9H,1H3. The molecule has 3 nitrogen and oxygen atoms in total. The molecule has 0 fully saturated rings. The largest absolute Gasteiger partial charge is 0.330 e. The Bertz CT molecular complexity index is 1040. The van der Waals surface area contributed by atoms with E-state index in [1.165, 1.54) is 0 Å². The molecule has 0 saturated carbocycles. The fourth-order valence-electron chi connectivity index (χ4n) is 2.82. The number of halogens is 1. The lowest BCUT2D eigenvalue weighted by molar-refractivity contribution is 0.942. The van der Waals surface area contributed by atoms with Crippen LogP contribution in [0.5, 0.6) is 0 Å². The Morgan fingerprint density at radius 1 is 1.00 bits per heavy atom. The molecule has 4 heteroatoms. The van der Waals surface area contributed by atoms with Gasteiger partial charge in [-0.2, -0.15) is 0 Å². The average molecular weight is 283 g/mol. The first-order chi connectivity index (χ1) is 9.66. The van der Waals surface area contributed by atoms with Crippen molar-refractivity contribution in [3.8, 4) is 0 Å². The van der Waals surface area contributed by atoms with Crippen molar-refractivity contribution >= 4 is 39.1 Å². The van der Waals surface area contributed by atoms with Gasteiger partial charge in [0.05, 0.1) is 16.4 Å². The topological polar surface area (TPSA) is 26.4 Å². The average Bonchev–Trinajstić information content (AvgIpc) is 2.84. The Labute approximate surface area is 119 Å². The van der Waals surface area contributed by atoms with Crippen molar-refractivity contribution in [2.75, 3.05) is 0 Å². The van der Waals surface area contributed by atoms with Crippen molar-refractivity contribution in [3.05, 3.63) is 63.9 Å². The highest BCUT2D eigenvalue weighted by Gasteiger charge is 2.12. The molecule has 0 N–H and O–H groups in total. The van der Waals surface area contributed by atoms with Crippen LogP contribution in [0.4, 0.5) is 0 Å². The van der Waals surface area contributed by atoms with Gasteiger partial charge < -0.3 is 4.57 Å². The SMILES string of the molecule is Cn1c2ccc(Cl)cc2c(=O)n2c3ccccc3cc12. The summed E-state index contributed by atoms with van der Waals surface area (Å²) in [5.41, 5.74) is 2.66. The number of aryl methyl sites for hydroxylation is 1. The van der Waals surface area contributed by atoms with Crippen LogP contribution in [0.1, 0.15) is 0 Å². The van der Waals surface area contributed by atoms with Crippen LogP contribution in [0.2, 0.25) is 5.02 Å². The fraction of sp³-hybridized carbons (Fsp3) is 0.0625. The van der Waals surface area contributed by atoms with E-state index in [1.54, 1.807) is 10.5 Å². The molecule has 2 aromatic carbocycles. The molecular weight excluding hydrogens is 272 g/mol. The Morgan fingerprint density at radius 3 is 2.65 bits per heavy atom. The minimum atomic E-state index is -0.0307. The van der Waals surface area contributed by atoms with Gasteiger partial charge in [-0.3, -0.25) is 9.20 Å². The monoisotopic (exact) mass is 282 g/mol. The normalized spacial score (nSPS) is 11.7. The van der Waals surface area contributed by atoms with Gasteiger partial charge in [0.15, 0.2) is 0 Å². The highest BCUT2D eigenvalue weighted by Crippen LogP contribution is 2.22. The van der Waals surface area contributed by atoms with E-state index in [4.69, 9.17) is 11.6 Å². The molecule has 0 aliphatic rings. The Balaban J connectivity index is 2.40. The number of rotatable bonds is 0. The van der Waals surface area contributed by atoms with E-state index in [0.29, 0.717) is 10.4 Å². The maximum absolute atomic E-state index is 12.8. The molecule has 4 rings (SSSR count). The van der Waals surface area contributed by atoms with Crippen molar-refractivity contribution in [3.63, 3.8) is 0 Å². The van der Waals surface area contributed by atoms with Gasteiger partial charge in [-0.25, -0.2) is 0 Å². The van der Waals surface area contributed by atoms with E-state index in [0.717, 1.165) is 22.1 Å². The van der Waals surface area contributed by atoms with E-state index >= 15 is 0 Å². The van der Waals surface area contributed by atoms with Gasteiger partial charge in [-0.05, 0) is 30.3 Å². The highest BCUT2D eigenvalue weighted by atomic mass is 35.5. The molecule has 0 aliphatic carbocycles. The Kier molecular flexibility index (Phi) is 2.24. The molecule has 0 saturated heterocycles. The zero-order chi connectivity index (χ0) is 13.9. The minimum absolute atomic E-state index is 0.0307. The van der Waals surface area contributed by atoms with Gasteiger partial charge in [0.2, 0.25) is 0 Å². The Morgan fingerprint density at radius 2 is 1.80 bits per heavy atom. The zero-order valence-corrected chi connectivity index (χ0v) is 11.6. The number of para-hydroxylation sites is 1. The maximum Gasteiger partial charge on any atom is 0.266 e. The number of fused-ring (bicyclic) bond motifs is 4. The number of benzene rings is 2. The first kappa shape index (κ1) is 11.6. The van der Waals surface area contributed by atoms with E-state index in [1.807, 2.05) is 54.1 Å². The predicted octanol–water partition coefficient (Wildman–Crippen LogP) is 3.60. The maximum atomic E-state index is 12.8. The van der Waals surface area contributed by atoms with Crippen molar-refractivity contribution in [2.45, 2.75) is 0 Å². The van der Waals surface area contributed by atoms with E-state index in [9.17, 15) is 4.79 Å². The number of hydrogen-bond donors (Lipinski definition) is 0. The summed E-state index contributed by atoms with van der Waals surface area (Å²) >= 11 is 6.03. The third kappa shape index (κ3) is 1.38. The van der Waals surface area contributed by atoms with Crippen LogP contribution in [-0.2, 0) is 7.05 Å². The second-order valence-electron chi connectivity index (χ2n) is 4.92. The highest BCUT2D eigenvalue weighted by molar-refractivity contribution is 6.31. The second kappa shape index (κ2) is 3.87. The van der Waals surface area contributed by atoms with E-state index in [-0.39, 0.29) is 5.56 Å². The van der Waals surface area contributed by atoms with Crippen molar-refractivity contribution in [1.82, 2.24) is 8.97 Å². The van der Waals surface area contributed by atoms with E-state index < -0.39 is 0 Å². The second-order valence-corrected chi connectivity index (χ2v) is 5.36. The van der Waals surface area contributed by atoms with Crippen LogP contribution in [-0.4, -0.2) is 8.97 Å². The summed E-state index contributed by atoms with van der Waals surface area (Å²) in [6.07, 6.45) is 0. The van der Waals surface area contributed by atoms with Gasteiger partial charge in [-0.15, -0.1) is 0 Å². The van der Waals surface area contributed by atoms with Gasteiger partial charge in [0.1, 0.15) is 5.65 Å². The van der Waals surface area contributed by atoms with Crippen LogP contribution in [0, 0.1) is 0 Å². The minimum Gasteiger partial charge on any atom is -0.330 e. The number of aromatic nitrogens is 2. The lowest BCUT2D eigenvalue weighted by atomic mass is 10.2. The summed E-state index contributed by atoms with van der Waals surface area (Å²) in [5, 5.41) is 2.26. The smallest absolute Gasteiger partial charge is 0.266 e. The first-order valence-corrected chi connectivity index (χ1v) is 6.73. The third-order valence-corrected chi connectivity index (χ3v) is 4.02. The molecule has 0 atom stereocenters. The molecule has 2 aromatic heterocycles. The fourth-order valence-corrected chi connectivity index (χ4v) is 2.99. The first-order valence-electron chi connectivity index (χ1n) is 6.35. The van der Waals surface area contributed by atoms with E-state index in [2.05, 4.69) is 0 Å². The summed E-state index contributed by atoms with van der Waals surface area (Å²) < 4.78 is 3.76. The zero-order valence-electron chi connectivity index (χ0n) is 10.8. The molecule has 0 amide bonds. The van der Waals surface area contributed by atoms with Crippen molar-refractivity contribution in [2.24, 2.45) is 7.05 Å². The lowest BCUT2D eigenvalue weighted by Crippen LogP contribution is -2.17. The molecule has 0 bridgehead atoms. The van der Waals surface area contributed by atoms with Gasteiger partial charge >= 0.3 is 0 Å². The molecule has 0 spiro atoms. The lowest BCUT2D eigenvalue weighted by Gasteiger charge is -2.09. The van der Waals surface area contributed by atoms with Crippen LogP contribution in [0.25, 0.3) is 27.5 Å². The summed E-state index contributed by atoms with van der Waals surface area (Å²) in [6, 6.07) is 15.3. The molecule has 20 heavy (non-hydrogen) atoms. The van der Waals surface area contributed by atoms with Gasteiger partial charge in [0.25, 0.3) is 5.56 Å². The molecule has 4 aromatic rings. The predicted molar refractivity (Wildman–Crippen MR) is 82.7 cm³/mol. The van der Waals surface area contributed by atoms with Gasteiger partial charge in [0, 0.05) is 17.5 Å². The molecule has 0 radical (unpaired) electrons. The molecule has 2 heterocycles. The molecular formula is C16H11ClN2O. The Hall–Kier alpha value is -2.26. The number of hydrogen-bond acceptors (Lipinski definition) is 1. The van der Waals surface area contributed by atoms with Crippen LogP contribution in [0.15, 0.2) is 53.3 Å². The summed E-state index contributed by atoms with van der Waals surface area (Å²) in [6.45, 7) is 0. The van der Waals surface area contributed by atoms with Crippen LogP contribution in [0.3, 0.4) is 0 Å². The molecule has 98 valence electrons. The molecule has 0 aliphatic heterocycles. The van der Waals surface area contributed by atoms with Crippen molar-refractivity contribution < 1.29 is 0 Å². The van der Waals surface area contributed by atoms with Crippen LogP contribution < -0.4 is 5.56 Å². The van der Waals surface area contributed by atoms with Crippen LogP contribution >= 0.6 is 11.6 Å². The van der Waals surface area contributed by atoms with Gasteiger partial charge in [-0.1, -0.05) is 29.8 Å². The summed E-state index contributed by atoms with van der Waals surface area (Å²) in [5.74, 6) is 0. The van der Waals surface area contributed by atoms with Crippen molar-refractivity contribution in [1.29, 1.82) is 0 Å². The summed E-state index contributed by atoms with van der Waals surface area (Å²) in [7, 11) is 1.96.